The Morgan fingerprint density at radius 2 is 1.75 bits per heavy atom. The molecular formula is C47H54ClFN6O11S. The van der Waals surface area contributed by atoms with Crippen LogP contribution in [0.25, 0.3) is 11.3 Å². The maximum Gasteiger partial charge on any atom is 0.341 e. The number of benzene rings is 2. The first-order chi connectivity index (χ1) is 32.1. The van der Waals surface area contributed by atoms with Crippen LogP contribution in [0.5, 0.6) is 11.5 Å². The van der Waals surface area contributed by atoms with Gasteiger partial charge in [-0.3, -0.25) is 24.4 Å². The van der Waals surface area contributed by atoms with Crippen molar-refractivity contribution >= 4 is 46.7 Å². The summed E-state index contributed by atoms with van der Waals surface area (Å²) < 4.78 is 49.9. The van der Waals surface area contributed by atoms with Crippen LogP contribution in [0.3, 0.4) is 0 Å². The van der Waals surface area contributed by atoms with Gasteiger partial charge in [-0.05, 0) is 41.7 Å². The Morgan fingerprint density at radius 3 is 2.42 bits per heavy atom. The van der Waals surface area contributed by atoms with Crippen LogP contribution in [0.4, 0.5) is 4.39 Å². The number of piperazine rings is 1. The number of carboxylic acids is 1. The molecule has 7 rings (SSSR count). The quantitative estimate of drug-likeness (QED) is 0.0951. The lowest BCUT2D eigenvalue weighted by Gasteiger charge is -2.40. The molecule has 67 heavy (non-hydrogen) atoms. The summed E-state index contributed by atoms with van der Waals surface area (Å²) in [6.45, 7) is 9.66. The van der Waals surface area contributed by atoms with Gasteiger partial charge in [0.25, 0.3) is 0 Å². The van der Waals surface area contributed by atoms with Crippen molar-refractivity contribution in [3.63, 3.8) is 0 Å². The highest BCUT2D eigenvalue weighted by Gasteiger charge is 2.38. The Morgan fingerprint density at radius 1 is 0.985 bits per heavy atom. The van der Waals surface area contributed by atoms with E-state index in [-0.39, 0.29) is 53.9 Å². The Bertz CT molecular complexity index is 2600. The Labute approximate surface area is 396 Å². The molecule has 1 fully saturated rings. The molecule has 2 aromatic carbocycles. The van der Waals surface area contributed by atoms with E-state index in [1.165, 1.54) is 63.1 Å². The number of aliphatic imine (C=N–C) groups is 1. The second-order valence-corrected chi connectivity index (χ2v) is 18.5. The number of aromatic nitrogens is 2. The molecule has 17 nitrogen and oxygen atoms in total. The van der Waals surface area contributed by atoms with Crippen molar-refractivity contribution in [1.29, 1.82) is 0 Å². The number of methoxy groups -OCH3 is 3. The second-order valence-electron chi connectivity index (χ2n) is 17.2. The number of rotatable bonds is 18. The van der Waals surface area contributed by atoms with E-state index in [4.69, 9.17) is 45.0 Å². The van der Waals surface area contributed by atoms with Gasteiger partial charge in [-0.15, -0.1) is 11.3 Å². The second kappa shape index (κ2) is 21.5. The van der Waals surface area contributed by atoms with Crippen LogP contribution in [0, 0.1) is 11.2 Å². The molecule has 0 radical (unpaired) electrons. The molecule has 2 aromatic heterocycles. The summed E-state index contributed by atoms with van der Waals surface area (Å²) in [4.78, 5) is 64.5. The Kier molecular flexibility index (Phi) is 15.8. The molecule has 0 bridgehead atoms. The van der Waals surface area contributed by atoms with Crippen molar-refractivity contribution in [3.8, 4) is 22.8 Å². The summed E-state index contributed by atoms with van der Waals surface area (Å²) in [6, 6.07) is 7.38. The van der Waals surface area contributed by atoms with Crippen LogP contribution in [-0.2, 0) is 35.0 Å². The SMILES string of the molecule is COC(=O)C1=C(CN2CCN(CCOCCOCCOc3cc4c(cc3OC)-c3cc(=O)c(C(=O)O)cn3C(C(C)(C)C)C4)C(C(=O)OC)C2)NC(c2nccs2)=N[C@H]1c1ccc(F)cc1Cl. The molecule has 0 saturated carbocycles. The molecule has 3 aliphatic rings. The van der Waals surface area contributed by atoms with Gasteiger partial charge in [-0.2, -0.15) is 0 Å². The normalized spacial score (nSPS) is 18.6. The van der Waals surface area contributed by atoms with E-state index in [1.807, 2.05) is 26.5 Å². The average molecular weight is 965 g/mol. The van der Waals surface area contributed by atoms with Gasteiger partial charge in [0.05, 0.1) is 59.0 Å². The van der Waals surface area contributed by atoms with Crippen molar-refractivity contribution in [1.82, 2.24) is 24.7 Å². The highest BCUT2D eigenvalue weighted by Crippen LogP contribution is 2.46. The van der Waals surface area contributed by atoms with E-state index in [1.54, 1.807) is 11.6 Å². The van der Waals surface area contributed by atoms with Crippen LogP contribution in [0.1, 0.15) is 59.3 Å². The number of fused-ring (bicyclic) bond motifs is 3. The van der Waals surface area contributed by atoms with Crippen molar-refractivity contribution in [3.05, 3.63) is 108 Å². The number of nitrogens with zero attached hydrogens (tertiary/aromatic N) is 5. The number of nitrogens with one attached hydrogen (secondary N) is 1. The van der Waals surface area contributed by atoms with Gasteiger partial charge >= 0.3 is 17.9 Å². The lowest BCUT2D eigenvalue weighted by molar-refractivity contribution is -0.150. The summed E-state index contributed by atoms with van der Waals surface area (Å²) >= 11 is 7.88. The zero-order valence-corrected chi connectivity index (χ0v) is 39.7. The molecule has 4 aromatic rings. The molecule has 1 saturated heterocycles. The third-order valence-corrected chi connectivity index (χ3v) is 13.1. The number of hydrogen-bond acceptors (Lipinski definition) is 16. The lowest BCUT2D eigenvalue weighted by atomic mass is 9.78. The highest BCUT2D eigenvalue weighted by atomic mass is 35.5. The molecule has 0 spiro atoms. The largest absolute Gasteiger partial charge is 0.493 e. The van der Waals surface area contributed by atoms with Gasteiger partial charge in [0.1, 0.15) is 30.1 Å². The Hall–Kier alpha value is -5.70. The number of pyridine rings is 1. The fraction of sp³-hybridized carbons (Fsp3) is 0.447. The summed E-state index contributed by atoms with van der Waals surface area (Å²) in [7, 11) is 4.15. The first-order valence-corrected chi connectivity index (χ1v) is 22.9. The van der Waals surface area contributed by atoms with Crippen LogP contribution < -0.4 is 20.2 Å². The van der Waals surface area contributed by atoms with Gasteiger partial charge in [0.15, 0.2) is 27.8 Å². The molecule has 2 N–H and O–H groups in total. The van der Waals surface area contributed by atoms with E-state index < -0.39 is 41.2 Å². The third kappa shape index (κ3) is 11.2. The predicted octanol–water partition coefficient (Wildman–Crippen LogP) is 5.40. The first-order valence-electron chi connectivity index (χ1n) is 21.7. The number of carboxylic acid groups (broad SMARTS) is 1. The Balaban J connectivity index is 0.919. The van der Waals surface area contributed by atoms with Crippen molar-refractivity contribution in [2.75, 3.05) is 87.1 Å². The summed E-state index contributed by atoms with van der Waals surface area (Å²) in [5.74, 6) is -1.43. The van der Waals surface area contributed by atoms with E-state index >= 15 is 0 Å². The summed E-state index contributed by atoms with van der Waals surface area (Å²) in [5.41, 5.74) is 2.37. The van der Waals surface area contributed by atoms with Crippen LogP contribution in [0.15, 0.2) is 75.2 Å². The highest BCUT2D eigenvalue weighted by molar-refractivity contribution is 7.11. The minimum absolute atomic E-state index is 0.102. The zero-order chi connectivity index (χ0) is 48.0. The first kappa shape index (κ1) is 49.2. The molecular weight excluding hydrogens is 911 g/mol. The number of esters is 2. The number of aromatic carboxylic acids is 1. The fourth-order valence-electron chi connectivity index (χ4n) is 8.55. The van der Waals surface area contributed by atoms with Gasteiger partial charge in [-0.1, -0.05) is 38.4 Å². The van der Waals surface area contributed by atoms with Gasteiger partial charge in [0.2, 0.25) is 0 Å². The monoisotopic (exact) mass is 964 g/mol. The number of carbonyl (C=O) groups excluding carboxylic acids is 2. The molecule has 3 atom stereocenters. The minimum Gasteiger partial charge on any atom is -0.493 e. The van der Waals surface area contributed by atoms with Crippen LogP contribution in [-0.4, -0.2) is 141 Å². The number of amidine groups is 1. The topological polar surface area (TPSA) is 193 Å². The number of hydrogen-bond donors (Lipinski definition) is 2. The van der Waals surface area contributed by atoms with Gasteiger partial charge < -0.3 is 43.4 Å². The van der Waals surface area contributed by atoms with Crippen molar-refractivity contribution in [2.45, 2.75) is 45.3 Å². The third-order valence-electron chi connectivity index (χ3n) is 12.0. The number of carbonyl (C=O) groups is 3. The maximum atomic E-state index is 14.1. The van der Waals surface area contributed by atoms with Crippen molar-refractivity contribution < 1.29 is 52.3 Å². The molecule has 3 aliphatic heterocycles. The summed E-state index contributed by atoms with van der Waals surface area (Å²) in [6.07, 6.45) is 3.68. The molecule has 5 heterocycles. The average Bonchev–Trinajstić information content (AvgIpc) is 3.85. The lowest BCUT2D eigenvalue weighted by Crippen LogP contribution is -2.58. The zero-order valence-electron chi connectivity index (χ0n) is 38.1. The minimum atomic E-state index is -1.26. The van der Waals surface area contributed by atoms with Gasteiger partial charge in [0, 0.05) is 84.5 Å². The van der Waals surface area contributed by atoms with E-state index in [0.717, 1.165) is 11.1 Å². The van der Waals surface area contributed by atoms with Crippen molar-refractivity contribution in [2.24, 2.45) is 10.4 Å². The summed E-state index contributed by atoms with van der Waals surface area (Å²) in [5, 5.41) is 15.4. The van der Waals surface area contributed by atoms with Gasteiger partial charge in [-0.25, -0.2) is 19.0 Å². The van der Waals surface area contributed by atoms with E-state index in [0.29, 0.717) is 85.2 Å². The molecule has 358 valence electrons. The van der Waals surface area contributed by atoms with Crippen LogP contribution in [0.2, 0.25) is 5.02 Å². The van der Waals surface area contributed by atoms with E-state index in [9.17, 15) is 28.7 Å². The van der Waals surface area contributed by atoms with E-state index in [2.05, 4.69) is 31.1 Å². The molecule has 2 unspecified atom stereocenters. The molecule has 20 heteroatoms. The predicted molar refractivity (Wildman–Crippen MR) is 248 cm³/mol. The fourth-order valence-corrected chi connectivity index (χ4v) is 9.41. The standard InChI is InChI=1S/C47H54ClFN6O11S/c1-47(2,3)39-20-27-19-38(37(61-4)22-30(27)34-23-36(56)31(44(57)58)24-55(34)39)66-17-16-65-15-14-64-13-12-54-11-10-53(26-35(54)45(59)62-5)25-33-40(46(60)63-6)41(29-8-7-28(49)21-32(29)48)52-42(51-33)43-50-9-18-67-43/h7-9,18-19,21-24,35,39,41H,10-17,20,25-26H2,1-6H3,(H,51,52)(H,57,58)/t35?,39?,41-/m0/s1. The molecule has 0 amide bonds. The molecule has 0 aliphatic carbocycles. The smallest absolute Gasteiger partial charge is 0.341 e. The van der Waals surface area contributed by atoms with Crippen LogP contribution >= 0.6 is 22.9 Å². The number of thiazole rings is 1. The maximum absolute atomic E-state index is 14.1. The number of halogens is 2. The number of ether oxygens (including phenoxy) is 6.